The minimum atomic E-state index is -1.40. The van der Waals surface area contributed by atoms with Gasteiger partial charge in [0.1, 0.15) is 29.5 Å². The van der Waals surface area contributed by atoms with Gasteiger partial charge in [-0.05, 0) is 82.1 Å². The summed E-state index contributed by atoms with van der Waals surface area (Å²) in [6.07, 6.45) is 1.20. The first-order chi connectivity index (χ1) is 25.5. The fraction of sp³-hybridized carbons (Fsp3) is 0.525. The zero-order valence-corrected chi connectivity index (χ0v) is 32.4. The van der Waals surface area contributed by atoms with Crippen LogP contribution in [0, 0.1) is 11.8 Å². The molecular formula is C40H58N6O8. The van der Waals surface area contributed by atoms with Crippen LogP contribution in [-0.2, 0) is 38.4 Å². The van der Waals surface area contributed by atoms with E-state index in [-0.39, 0.29) is 31.7 Å². The van der Waals surface area contributed by atoms with Crippen LogP contribution in [0.3, 0.4) is 0 Å². The standard InChI is InChI=1S/C40H58N6O8/c1-25(2)17-32(29(18-27-11-9-8-10-12-27)20-35(48)38(51)42-22-26(3)47)44-37(50)34(21-30-23-41-24-43-30)45-36(49)33(46-39(52)54-40(4,5)6)19-28-13-15-31(53-7)16-14-28/h8-16,23-26,29,32-35,47-48H,17-22H2,1-7H3,(H,41,43)(H,42,51)(H,44,50)(H,45,49)(H,46,52)/t26?,29-,32-,33-,34-,35-/m0/s1. The predicted octanol–water partition coefficient (Wildman–Crippen LogP) is 3.22. The summed E-state index contributed by atoms with van der Waals surface area (Å²) in [5, 5.41) is 32.0. The van der Waals surface area contributed by atoms with Crippen LogP contribution >= 0.6 is 0 Å². The molecule has 1 heterocycles. The van der Waals surface area contributed by atoms with Gasteiger partial charge in [-0.3, -0.25) is 14.4 Å². The smallest absolute Gasteiger partial charge is 0.408 e. The molecule has 54 heavy (non-hydrogen) atoms. The molecule has 0 saturated carbocycles. The minimum Gasteiger partial charge on any atom is -0.497 e. The number of alkyl carbamates (subject to hydrolysis) is 1. The monoisotopic (exact) mass is 750 g/mol. The van der Waals surface area contributed by atoms with E-state index < -0.39 is 65.7 Å². The quantitative estimate of drug-likeness (QED) is 0.0905. The first kappa shape index (κ1) is 43.5. The van der Waals surface area contributed by atoms with Gasteiger partial charge in [-0.25, -0.2) is 9.78 Å². The van der Waals surface area contributed by atoms with Crippen molar-refractivity contribution in [3.63, 3.8) is 0 Å². The second-order valence-corrected chi connectivity index (χ2v) is 15.1. The Morgan fingerprint density at radius 1 is 0.796 bits per heavy atom. The number of carbonyl (C=O) groups is 4. The number of hydrogen-bond donors (Lipinski definition) is 7. The van der Waals surface area contributed by atoms with Crippen molar-refractivity contribution in [2.24, 2.45) is 11.8 Å². The number of ether oxygens (including phenoxy) is 2. The molecule has 4 amide bonds. The SMILES string of the molecule is COc1ccc(C[C@H](NC(=O)OC(C)(C)C)C(=O)N[C@@H](Cc2cnc[nH]2)C(=O)N[C@@H](CC(C)C)[C@@H](Cc2ccccc2)C[C@H](O)C(=O)NCC(C)O)cc1. The molecule has 1 aromatic heterocycles. The van der Waals surface area contributed by atoms with Crippen molar-refractivity contribution in [1.82, 2.24) is 31.2 Å². The lowest BCUT2D eigenvalue weighted by atomic mass is 9.83. The van der Waals surface area contributed by atoms with E-state index in [1.54, 1.807) is 58.3 Å². The van der Waals surface area contributed by atoms with E-state index in [2.05, 4.69) is 31.2 Å². The van der Waals surface area contributed by atoms with Crippen molar-refractivity contribution in [2.75, 3.05) is 13.7 Å². The van der Waals surface area contributed by atoms with Crippen LogP contribution in [0.25, 0.3) is 0 Å². The maximum absolute atomic E-state index is 14.4. The molecule has 14 nitrogen and oxygen atoms in total. The largest absolute Gasteiger partial charge is 0.497 e. The van der Waals surface area contributed by atoms with Crippen LogP contribution in [0.5, 0.6) is 5.75 Å². The summed E-state index contributed by atoms with van der Waals surface area (Å²) in [4.78, 5) is 61.3. The lowest BCUT2D eigenvalue weighted by molar-refractivity contribution is -0.131. The number of nitrogens with zero attached hydrogens (tertiary/aromatic N) is 1. The number of aliphatic hydroxyl groups excluding tert-OH is 2. The topological polar surface area (TPSA) is 204 Å². The number of methoxy groups -OCH3 is 1. The van der Waals surface area contributed by atoms with Gasteiger partial charge in [0, 0.05) is 37.3 Å². The average molecular weight is 751 g/mol. The third-order valence-corrected chi connectivity index (χ3v) is 8.58. The summed E-state index contributed by atoms with van der Waals surface area (Å²) in [5.74, 6) is -1.37. The van der Waals surface area contributed by atoms with Crippen molar-refractivity contribution in [3.8, 4) is 5.75 Å². The van der Waals surface area contributed by atoms with Gasteiger partial charge in [0.05, 0.1) is 19.5 Å². The Labute approximate surface area is 318 Å². The Morgan fingerprint density at radius 3 is 2.00 bits per heavy atom. The number of benzene rings is 2. The first-order valence-corrected chi connectivity index (χ1v) is 18.4. The van der Waals surface area contributed by atoms with E-state index in [1.165, 1.54) is 13.3 Å². The number of aromatic nitrogens is 2. The highest BCUT2D eigenvalue weighted by molar-refractivity contribution is 5.91. The molecule has 0 bridgehead atoms. The zero-order valence-electron chi connectivity index (χ0n) is 32.4. The normalized spacial score (nSPS) is 14.9. The zero-order chi connectivity index (χ0) is 39.8. The Balaban J connectivity index is 1.93. The second kappa shape index (κ2) is 21.1. The van der Waals surface area contributed by atoms with E-state index in [0.717, 1.165) is 11.1 Å². The highest BCUT2D eigenvalue weighted by atomic mass is 16.6. The van der Waals surface area contributed by atoms with Crippen LogP contribution in [-0.4, -0.2) is 93.6 Å². The van der Waals surface area contributed by atoms with Crippen LogP contribution in [0.15, 0.2) is 67.1 Å². The van der Waals surface area contributed by atoms with Gasteiger partial charge >= 0.3 is 6.09 Å². The molecule has 1 unspecified atom stereocenters. The average Bonchev–Trinajstić information content (AvgIpc) is 3.62. The molecule has 3 rings (SSSR count). The number of H-pyrrole nitrogens is 1. The number of nitrogens with one attached hydrogen (secondary N) is 5. The van der Waals surface area contributed by atoms with Gasteiger partial charge in [-0.15, -0.1) is 0 Å². The lowest BCUT2D eigenvalue weighted by Gasteiger charge is -2.33. The minimum absolute atomic E-state index is 0.0113. The molecule has 6 atom stereocenters. The van der Waals surface area contributed by atoms with Gasteiger partial charge in [0.25, 0.3) is 0 Å². The molecule has 14 heteroatoms. The third-order valence-electron chi connectivity index (χ3n) is 8.58. The van der Waals surface area contributed by atoms with Crippen LogP contribution in [0.1, 0.15) is 71.2 Å². The summed E-state index contributed by atoms with van der Waals surface area (Å²) >= 11 is 0. The lowest BCUT2D eigenvalue weighted by Crippen LogP contribution is -2.57. The molecule has 296 valence electrons. The summed E-state index contributed by atoms with van der Waals surface area (Å²) in [6, 6.07) is 13.9. The summed E-state index contributed by atoms with van der Waals surface area (Å²) in [5.41, 5.74) is 1.47. The van der Waals surface area contributed by atoms with Crippen LogP contribution in [0.4, 0.5) is 4.79 Å². The Bertz CT molecular complexity index is 1590. The maximum atomic E-state index is 14.4. The molecule has 2 aromatic carbocycles. The van der Waals surface area contributed by atoms with Crippen LogP contribution < -0.4 is 26.0 Å². The molecule has 0 radical (unpaired) electrons. The van der Waals surface area contributed by atoms with Crippen molar-refractivity contribution in [2.45, 2.75) is 110 Å². The number of rotatable bonds is 20. The summed E-state index contributed by atoms with van der Waals surface area (Å²) in [6.45, 7) is 10.7. The number of aromatic amines is 1. The Kier molecular flexibility index (Phi) is 17.0. The Hall–Kier alpha value is -4.95. The number of imidazole rings is 1. The first-order valence-electron chi connectivity index (χ1n) is 18.4. The maximum Gasteiger partial charge on any atom is 0.408 e. The highest BCUT2D eigenvalue weighted by Gasteiger charge is 2.34. The fourth-order valence-corrected chi connectivity index (χ4v) is 5.98. The van der Waals surface area contributed by atoms with Crippen molar-refractivity contribution < 1.29 is 38.9 Å². The van der Waals surface area contributed by atoms with Gasteiger partial charge in [-0.2, -0.15) is 0 Å². The van der Waals surface area contributed by atoms with E-state index in [0.29, 0.717) is 24.3 Å². The fourth-order valence-electron chi connectivity index (χ4n) is 5.98. The van der Waals surface area contributed by atoms with Gasteiger partial charge < -0.3 is 45.9 Å². The summed E-state index contributed by atoms with van der Waals surface area (Å²) < 4.78 is 10.7. The molecule has 0 spiro atoms. The van der Waals surface area contributed by atoms with Gasteiger partial charge in [0.15, 0.2) is 0 Å². The van der Waals surface area contributed by atoms with Crippen LogP contribution in [0.2, 0.25) is 0 Å². The predicted molar refractivity (Wildman–Crippen MR) is 204 cm³/mol. The molecule has 0 aliphatic rings. The molecule has 3 aromatic rings. The van der Waals surface area contributed by atoms with Gasteiger partial charge in [0.2, 0.25) is 17.7 Å². The van der Waals surface area contributed by atoms with Gasteiger partial charge in [-0.1, -0.05) is 56.3 Å². The van der Waals surface area contributed by atoms with E-state index in [1.807, 2.05) is 44.2 Å². The molecule has 0 aliphatic carbocycles. The van der Waals surface area contributed by atoms with Crippen molar-refractivity contribution in [3.05, 3.63) is 83.9 Å². The number of hydrogen-bond acceptors (Lipinski definition) is 9. The molecule has 0 aliphatic heterocycles. The highest BCUT2D eigenvalue weighted by Crippen LogP contribution is 2.24. The third kappa shape index (κ3) is 15.6. The molecular weight excluding hydrogens is 692 g/mol. The van der Waals surface area contributed by atoms with E-state index in [4.69, 9.17) is 9.47 Å². The molecule has 0 saturated heterocycles. The van der Waals surface area contributed by atoms with E-state index in [9.17, 15) is 29.4 Å². The number of carbonyl (C=O) groups excluding carboxylic acids is 4. The number of aliphatic hydroxyl groups is 2. The number of amides is 4. The second-order valence-electron chi connectivity index (χ2n) is 15.1. The van der Waals surface area contributed by atoms with E-state index >= 15 is 0 Å². The molecule has 0 fully saturated rings. The van der Waals surface area contributed by atoms with Crippen molar-refractivity contribution >= 4 is 23.8 Å². The van der Waals surface area contributed by atoms with Crippen molar-refractivity contribution in [1.29, 1.82) is 0 Å². The molecule has 7 N–H and O–H groups in total. The Morgan fingerprint density at radius 2 is 1.43 bits per heavy atom. The summed E-state index contributed by atoms with van der Waals surface area (Å²) in [7, 11) is 1.55.